The number of hydrogen-bond donors (Lipinski definition) is 3. The van der Waals surface area contributed by atoms with E-state index in [1.54, 1.807) is 0 Å². The van der Waals surface area contributed by atoms with Crippen LogP contribution in [-0.4, -0.2) is 96.7 Å². The van der Waals surface area contributed by atoms with Gasteiger partial charge in [-0.2, -0.15) is 0 Å². The summed E-state index contributed by atoms with van der Waals surface area (Å²) in [6, 6.07) is 0. The fraction of sp³-hybridized carbons (Fsp3) is 0.948. The van der Waals surface area contributed by atoms with E-state index in [1.807, 2.05) is 0 Å². The number of rotatable bonds is 75. The maximum Gasteiger partial charge on any atom is 0.472 e. The molecule has 570 valence electrons. The predicted octanol–water partition coefficient (Wildman–Crippen LogP) is 22.6. The molecule has 3 N–H and O–H groups in total. The summed E-state index contributed by atoms with van der Waals surface area (Å²) in [5.74, 6) is 0.224. The minimum absolute atomic E-state index is 0.106. The van der Waals surface area contributed by atoms with Gasteiger partial charge in [-0.3, -0.25) is 37.3 Å². The van der Waals surface area contributed by atoms with Gasteiger partial charge in [-0.05, 0) is 43.4 Å². The van der Waals surface area contributed by atoms with E-state index >= 15 is 0 Å². The molecule has 96 heavy (non-hydrogen) atoms. The van der Waals surface area contributed by atoms with Gasteiger partial charge in [0.1, 0.15) is 19.3 Å². The Morgan fingerprint density at radius 3 is 0.708 bits per heavy atom. The summed E-state index contributed by atoms with van der Waals surface area (Å²) in [6.45, 7) is 11.9. The molecule has 0 aliphatic heterocycles. The second kappa shape index (κ2) is 67.5. The van der Waals surface area contributed by atoms with Gasteiger partial charge in [0.25, 0.3) is 0 Å². The first-order valence-corrected chi connectivity index (χ1v) is 42.8. The smallest absolute Gasteiger partial charge is 0.462 e. The van der Waals surface area contributed by atoms with E-state index in [1.165, 1.54) is 205 Å². The Hall–Kier alpha value is -1.94. The second-order valence-corrected chi connectivity index (χ2v) is 32.1. The Labute approximate surface area is 588 Å². The largest absolute Gasteiger partial charge is 0.472 e. The van der Waals surface area contributed by atoms with Gasteiger partial charge >= 0.3 is 39.5 Å². The third-order valence-corrected chi connectivity index (χ3v) is 19.8. The topological polar surface area (TPSA) is 237 Å². The van der Waals surface area contributed by atoms with E-state index in [4.69, 9.17) is 37.0 Å². The molecular weight excluding hydrogens is 1260 g/mol. The van der Waals surface area contributed by atoms with Crippen molar-refractivity contribution in [3.63, 3.8) is 0 Å². The maximum atomic E-state index is 13.1. The average molecular weight is 1410 g/mol. The molecule has 0 radical (unpaired) electrons. The van der Waals surface area contributed by atoms with Gasteiger partial charge in [0.15, 0.2) is 12.2 Å². The molecule has 19 heteroatoms. The van der Waals surface area contributed by atoms with Crippen LogP contribution in [-0.2, 0) is 65.4 Å². The lowest BCUT2D eigenvalue weighted by Crippen LogP contribution is -2.30. The van der Waals surface area contributed by atoms with Gasteiger partial charge in [0.05, 0.1) is 26.4 Å². The van der Waals surface area contributed by atoms with Gasteiger partial charge in [-0.25, -0.2) is 9.13 Å². The first-order chi connectivity index (χ1) is 46.2. The van der Waals surface area contributed by atoms with Crippen LogP contribution < -0.4 is 0 Å². The van der Waals surface area contributed by atoms with Crippen LogP contribution >= 0.6 is 15.6 Å². The molecule has 0 saturated carbocycles. The molecule has 0 rings (SSSR count). The number of phosphoric acid groups is 2. The highest BCUT2D eigenvalue weighted by Gasteiger charge is 2.30. The van der Waals surface area contributed by atoms with Crippen molar-refractivity contribution in [3.8, 4) is 0 Å². The van der Waals surface area contributed by atoms with E-state index in [2.05, 4.69) is 48.5 Å². The van der Waals surface area contributed by atoms with Crippen LogP contribution in [0.5, 0.6) is 0 Å². The number of aliphatic hydroxyl groups is 1. The molecule has 0 amide bonds. The summed E-state index contributed by atoms with van der Waals surface area (Å²) in [4.78, 5) is 72.9. The van der Waals surface area contributed by atoms with Crippen molar-refractivity contribution in [1.29, 1.82) is 0 Å². The van der Waals surface area contributed by atoms with Gasteiger partial charge in [0, 0.05) is 25.7 Å². The molecule has 0 fully saturated rings. The lowest BCUT2D eigenvalue weighted by Gasteiger charge is -2.21. The van der Waals surface area contributed by atoms with Gasteiger partial charge < -0.3 is 33.8 Å². The Kier molecular flexibility index (Phi) is 66.2. The van der Waals surface area contributed by atoms with Crippen LogP contribution in [0.1, 0.15) is 395 Å². The molecule has 0 saturated heterocycles. The number of unbranched alkanes of at least 4 members (excludes halogenated alkanes) is 43. The number of aliphatic hydroxyl groups excluding tert-OH is 1. The van der Waals surface area contributed by atoms with Gasteiger partial charge in [-0.15, -0.1) is 0 Å². The van der Waals surface area contributed by atoms with E-state index in [9.17, 15) is 43.2 Å². The van der Waals surface area contributed by atoms with E-state index in [0.717, 1.165) is 108 Å². The molecule has 0 aromatic rings. The Balaban J connectivity index is 5.25. The minimum Gasteiger partial charge on any atom is -0.462 e. The molecule has 5 atom stereocenters. The fourth-order valence-corrected chi connectivity index (χ4v) is 13.4. The highest BCUT2D eigenvalue weighted by atomic mass is 31.2. The van der Waals surface area contributed by atoms with Crippen LogP contribution in [0.25, 0.3) is 0 Å². The van der Waals surface area contributed by atoms with Gasteiger partial charge in [0.2, 0.25) is 0 Å². The van der Waals surface area contributed by atoms with Crippen LogP contribution in [0.4, 0.5) is 0 Å². The molecule has 0 aromatic heterocycles. The average Bonchev–Trinajstić information content (AvgIpc) is 1.15. The Bertz CT molecular complexity index is 1870. The number of ether oxygens (including phenoxy) is 4. The first kappa shape index (κ1) is 94.1. The molecule has 0 aromatic carbocycles. The summed E-state index contributed by atoms with van der Waals surface area (Å²) in [7, 11) is -9.91. The normalized spacial score (nSPS) is 14.1. The number of hydrogen-bond acceptors (Lipinski definition) is 15. The third kappa shape index (κ3) is 70.5. The molecule has 0 bridgehead atoms. The third-order valence-electron chi connectivity index (χ3n) is 17.9. The van der Waals surface area contributed by atoms with Crippen LogP contribution in [0, 0.1) is 17.8 Å². The monoisotopic (exact) mass is 1410 g/mol. The summed E-state index contributed by atoms with van der Waals surface area (Å²) in [5, 5.41) is 10.6. The quantitative estimate of drug-likeness (QED) is 0.0222. The zero-order chi connectivity index (χ0) is 70.9. The number of carbonyl (C=O) groups excluding carboxylic acids is 4. The summed E-state index contributed by atoms with van der Waals surface area (Å²) in [5.41, 5.74) is 0. The summed E-state index contributed by atoms with van der Waals surface area (Å²) in [6.07, 6.45) is 54.0. The highest BCUT2D eigenvalue weighted by Crippen LogP contribution is 2.45. The minimum atomic E-state index is -4.96. The van der Waals surface area contributed by atoms with Crippen molar-refractivity contribution in [2.24, 2.45) is 17.8 Å². The fourth-order valence-electron chi connectivity index (χ4n) is 11.8. The molecule has 0 aliphatic rings. The van der Waals surface area contributed by atoms with E-state index in [0.29, 0.717) is 25.7 Å². The summed E-state index contributed by atoms with van der Waals surface area (Å²) < 4.78 is 68.6. The lowest BCUT2D eigenvalue weighted by molar-refractivity contribution is -0.161. The summed E-state index contributed by atoms with van der Waals surface area (Å²) >= 11 is 0. The van der Waals surface area contributed by atoms with Crippen LogP contribution in [0.3, 0.4) is 0 Å². The van der Waals surface area contributed by atoms with Gasteiger partial charge in [-0.1, -0.05) is 344 Å². The molecule has 0 spiro atoms. The highest BCUT2D eigenvalue weighted by molar-refractivity contribution is 7.47. The Morgan fingerprint density at radius 1 is 0.281 bits per heavy atom. The van der Waals surface area contributed by atoms with E-state index < -0.39 is 97.5 Å². The molecule has 0 aliphatic carbocycles. The van der Waals surface area contributed by atoms with Crippen LogP contribution in [0.15, 0.2) is 0 Å². The molecule has 2 unspecified atom stereocenters. The molecular formula is C77H150O17P2. The molecule has 0 heterocycles. The Morgan fingerprint density at radius 2 is 0.479 bits per heavy atom. The second-order valence-electron chi connectivity index (χ2n) is 29.2. The van der Waals surface area contributed by atoms with Crippen molar-refractivity contribution in [2.75, 3.05) is 39.6 Å². The first-order valence-electron chi connectivity index (χ1n) is 39.8. The standard InChI is InChI=1S/C77H150O17P2/c1-8-9-10-11-12-13-30-37-44-51-58-74(79)87-64-72(94-77(82)61-54-47-40-33-26-20-23-29-36-43-50-57-70(6)7)66-91-95(83,84)89-62-71(78)63-90-96(85,86)92-67-73(65-88-75(80)59-52-45-38-31-25-19-22-28-35-42-49-56-69(4)5)93-76(81)60-53-46-39-32-24-18-16-14-15-17-21-27-34-41-48-55-68(2)3/h68-73,78H,8-67H2,1-7H3,(H,83,84)(H,85,86)/t71-,72+,73+/m0/s1. The van der Waals surface area contributed by atoms with Crippen molar-refractivity contribution in [2.45, 2.75) is 414 Å². The SMILES string of the molecule is CCCCCCCCCCCCC(=O)OC[C@H](COP(=O)(O)OC[C@H](O)COP(=O)(O)OC[C@@H](COC(=O)CCCCCCCCCCCCCC(C)C)OC(=O)CCCCCCCCCCCCCCCCCC(C)C)OC(=O)CCCCCCCCCCCCCC(C)C. The van der Waals surface area contributed by atoms with E-state index in [-0.39, 0.29) is 25.7 Å². The maximum absolute atomic E-state index is 13.1. The molecule has 17 nitrogen and oxygen atoms in total. The lowest BCUT2D eigenvalue weighted by atomic mass is 10.0. The zero-order valence-corrected chi connectivity index (χ0v) is 64.6. The van der Waals surface area contributed by atoms with Crippen molar-refractivity contribution in [3.05, 3.63) is 0 Å². The van der Waals surface area contributed by atoms with Crippen molar-refractivity contribution < 1.29 is 80.2 Å². The number of esters is 4. The van der Waals surface area contributed by atoms with Crippen LogP contribution in [0.2, 0.25) is 0 Å². The predicted molar refractivity (Wildman–Crippen MR) is 391 cm³/mol. The van der Waals surface area contributed by atoms with Crippen molar-refractivity contribution >= 4 is 39.5 Å². The zero-order valence-electron chi connectivity index (χ0n) is 62.8. The van der Waals surface area contributed by atoms with Crippen molar-refractivity contribution in [1.82, 2.24) is 0 Å². The number of carbonyl (C=O) groups is 4. The number of phosphoric ester groups is 2.